The Morgan fingerprint density at radius 3 is 2.19 bits per heavy atom. The molecule has 0 aromatic heterocycles. The summed E-state index contributed by atoms with van der Waals surface area (Å²) in [6.07, 6.45) is 0. The second-order valence-electron chi connectivity index (χ2n) is 6.29. The molecular formula is C22H19ClN2O. The molecule has 130 valence electrons. The summed E-state index contributed by atoms with van der Waals surface area (Å²) in [6, 6.07) is 24.9. The van der Waals surface area contributed by atoms with E-state index in [-0.39, 0.29) is 0 Å². The molecule has 0 bridgehead atoms. The first-order chi connectivity index (χ1) is 12.7. The molecule has 0 saturated heterocycles. The molecule has 3 nitrogen and oxygen atoms in total. The van der Waals surface area contributed by atoms with Crippen LogP contribution in [0.15, 0.2) is 83.9 Å². The highest BCUT2D eigenvalue weighted by atomic mass is 35.5. The van der Waals surface area contributed by atoms with Crippen molar-refractivity contribution < 1.29 is 5.11 Å². The topological polar surface area (TPSA) is 44.6 Å². The Kier molecular flexibility index (Phi) is 4.49. The fourth-order valence-electron chi connectivity index (χ4n) is 3.43. The van der Waals surface area contributed by atoms with Gasteiger partial charge in [-0.05, 0) is 23.3 Å². The fourth-order valence-corrected chi connectivity index (χ4v) is 3.56. The average molecular weight is 363 g/mol. The van der Waals surface area contributed by atoms with Gasteiger partial charge in [-0.2, -0.15) is 0 Å². The number of hydrogen-bond acceptors (Lipinski definition) is 3. The average Bonchev–Trinajstić information content (AvgIpc) is 3.23. The molecule has 4 heteroatoms. The van der Waals surface area contributed by atoms with Crippen LogP contribution < -0.4 is 5.32 Å². The third kappa shape index (κ3) is 2.90. The smallest absolute Gasteiger partial charge is 0.141 e. The molecule has 1 aliphatic rings. The minimum atomic E-state index is -1.31. The normalized spacial score (nSPS) is 15.8. The van der Waals surface area contributed by atoms with Crippen molar-refractivity contribution in [3.05, 3.63) is 106 Å². The molecule has 0 radical (unpaired) electrons. The summed E-state index contributed by atoms with van der Waals surface area (Å²) in [6.45, 7) is 1.56. The molecule has 0 aliphatic carbocycles. The Bertz CT molecular complexity index is 938. The zero-order valence-electron chi connectivity index (χ0n) is 14.2. The maximum absolute atomic E-state index is 12.0. The number of benzene rings is 3. The number of halogens is 1. The quantitative estimate of drug-likeness (QED) is 0.690. The van der Waals surface area contributed by atoms with E-state index in [4.69, 9.17) is 11.6 Å². The molecule has 0 spiro atoms. The third-order valence-corrected chi connectivity index (χ3v) is 4.95. The van der Waals surface area contributed by atoms with Gasteiger partial charge in [0.2, 0.25) is 0 Å². The van der Waals surface area contributed by atoms with Crippen molar-refractivity contribution in [1.29, 1.82) is 0 Å². The number of aliphatic imine (C=N–C) groups is 1. The molecule has 0 fully saturated rings. The lowest BCUT2D eigenvalue weighted by Crippen LogP contribution is -2.32. The van der Waals surface area contributed by atoms with Gasteiger partial charge in [0.1, 0.15) is 11.4 Å². The highest BCUT2D eigenvalue weighted by Gasteiger charge is 2.36. The monoisotopic (exact) mass is 362 g/mol. The maximum Gasteiger partial charge on any atom is 0.141 e. The standard InChI is InChI=1S/C22H19ClN2O/c23-18-12-10-17(11-13-18)22(26,16-6-2-1-3-7-16)20-9-5-4-8-19(20)21-24-14-15-25-21/h1-13,26H,14-15H2,(H,24,25)/t22-/m1/s1. The highest BCUT2D eigenvalue weighted by molar-refractivity contribution is 6.30. The number of aliphatic hydroxyl groups is 1. The van der Waals surface area contributed by atoms with Gasteiger partial charge in [0.15, 0.2) is 0 Å². The Balaban J connectivity index is 1.97. The van der Waals surface area contributed by atoms with E-state index in [9.17, 15) is 5.11 Å². The number of hydrogen-bond donors (Lipinski definition) is 2. The van der Waals surface area contributed by atoms with Crippen LogP contribution in [0.2, 0.25) is 5.02 Å². The Hall–Kier alpha value is -2.62. The molecule has 4 rings (SSSR count). The summed E-state index contributed by atoms with van der Waals surface area (Å²) in [5, 5.41) is 16.0. The van der Waals surface area contributed by atoms with Crippen molar-refractivity contribution in [3.8, 4) is 0 Å². The van der Waals surface area contributed by atoms with Crippen molar-refractivity contribution in [3.63, 3.8) is 0 Å². The van der Waals surface area contributed by atoms with Crippen molar-refractivity contribution in [2.24, 2.45) is 4.99 Å². The van der Waals surface area contributed by atoms with Crippen LogP contribution in [0.3, 0.4) is 0 Å². The van der Waals surface area contributed by atoms with E-state index in [0.29, 0.717) is 5.02 Å². The van der Waals surface area contributed by atoms with Crippen molar-refractivity contribution in [2.75, 3.05) is 13.1 Å². The lowest BCUT2D eigenvalue weighted by molar-refractivity contribution is 0.125. The molecule has 1 heterocycles. The van der Waals surface area contributed by atoms with E-state index in [2.05, 4.69) is 10.3 Å². The second kappa shape index (κ2) is 6.94. The first kappa shape index (κ1) is 16.8. The highest BCUT2D eigenvalue weighted by Crippen LogP contribution is 2.38. The van der Waals surface area contributed by atoms with Gasteiger partial charge >= 0.3 is 0 Å². The van der Waals surface area contributed by atoms with Crippen molar-refractivity contribution in [2.45, 2.75) is 5.60 Å². The third-order valence-electron chi connectivity index (χ3n) is 4.70. The molecule has 3 aromatic carbocycles. The molecule has 1 aliphatic heterocycles. The first-order valence-electron chi connectivity index (χ1n) is 8.62. The van der Waals surface area contributed by atoms with E-state index in [0.717, 1.165) is 41.2 Å². The zero-order chi connectivity index (χ0) is 18.0. The molecule has 26 heavy (non-hydrogen) atoms. The summed E-state index contributed by atoms with van der Waals surface area (Å²) in [4.78, 5) is 4.55. The Labute approximate surface area is 158 Å². The number of rotatable bonds is 4. The van der Waals surface area contributed by atoms with Crippen LogP contribution in [-0.4, -0.2) is 24.0 Å². The van der Waals surface area contributed by atoms with Gasteiger partial charge in [-0.15, -0.1) is 0 Å². The fraction of sp³-hybridized carbons (Fsp3) is 0.136. The van der Waals surface area contributed by atoms with Crippen molar-refractivity contribution >= 4 is 17.4 Å². The summed E-state index contributed by atoms with van der Waals surface area (Å²) < 4.78 is 0. The Morgan fingerprint density at radius 1 is 0.846 bits per heavy atom. The molecule has 0 saturated carbocycles. The van der Waals surface area contributed by atoms with Crippen molar-refractivity contribution in [1.82, 2.24) is 5.32 Å². The number of amidine groups is 1. The van der Waals surface area contributed by atoms with Crippen LogP contribution in [0.5, 0.6) is 0 Å². The summed E-state index contributed by atoms with van der Waals surface area (Å²) in [7, 11) is 0. The molecular weight excluding hydrogens is 344 g/mol. The summed E-state index contributed by atoms with van der Waals surface area (Å²) in [5.74, 6) is 0.823. The molecule has 0 unspecified atom stereocenters. The van der Waals surface area contributed by atoms with Crippen LogP contribution in [0.4, 0.5) is 0 Å². The summed E-state index contributed by atoms with van der Waals surface area (Å²) in [5.41, 5.74) is 1.95. The van der Waals surface area contributed by atoms with Gasteiger partial charge in [-0.3, -0.25) is 4.99 Å². The molecule has 0 amide bonds. The lowest BCUT2D eigenvalue weighted by Gasteiger charge is -2.32. The minimum absolute atomic E-state index is 0.638. The van der Waals surface area contributed by atoms with Gasteiger partial charge < -0.3 is 10.4 Å². The Morgan fingerprint density at radius 2 is 1.50 bits per heavy atom. The van der Waals surface area contributed by atoms with Crippen LogP contribution in [-0.2, 0) is 5.60 Å². The molecule has 1 atom stereocenters. The van der Waals surface area contributed by atoms with E-state index >= 15 is 0 Å². The number of nitrogens with zero attached hydrogens (tertiary/aromatic N) is 1. The summed E-state index contributed by atoms with van der Waals surface area (Å²) >= 11 is 6.08. The van der Waals surface area contributed by atoms with Gasteiger partial charge in [-0.1, -0.05) is 78.3 Å². The van der Waals surface area contributed by atoms with Gasteiger partial charge in [0, 0.05) is 22.7 Å². The van der Waals surface area contributed by atoms with E-state index in [1.807, 2.05) is 66.7 Å². The van der Waals surface area contributed by atoms with Crippen LogP contribution in [0.25, 0.3) is 0 Å². The maximum atomic E-state index is 12.0. The largest absolute Gasteiger partial charge is 0.376 e. The molecule has 3 aromatic rings. The second-order valence-corrected chi connectivity index (χ2v) is 6.72. The van der Waals surface area contributed by atoms with Crippen LogP contribution >= 0.6 is 11.6 Å². The first-order valence-corrected chi connectivity index (χ1v) is 8.99. The predicted molar refractivity (Wildman–Crippen MR) is 106 cm³/mol. The lowest BCUT2D eigenvalue weighted by atomic mass is 9.78. The SMILES string of the molecule is O[C@](c1ccccc1)(c1ccc(Cl)cc1)c1ccccc1C1=NCCN1. The van der Waals surface area contributed by atoms with Crippen LogP contribution in [0, 0.1) is 0 Å². The number of nitrogens with one attached hydrogen (secondary N) is 1. The van der Waals surface area contributed by atoms with Gasteiger partial charge in [-0.25, -0.2) is 0 Å². The van der Waals surface area contributed by atoms with E-state index in [1.165, 1.54) is 0 Å². The predicted octanol–water partition coefficient (Wildman–Crippen LogP) is 3.97. The molecule has 2 N–H and O–H groups in total. The van der Waals surface area contributed by atoms with Gasteiger partial charge in [0.05, 0.1) is 6.54 Å². The zero-order valence-corrected chi connectivity index (χ0v) is 14.9. The minimum Gasteiger partial charge on any atom is -0.376 e. The van der Waals surface area contributed by atoms with E-state index < -0.39 is 5.60 Å². The van der Waals surface area contributed by atoms with Crippen LogP contribution in [0.1, 0.15) is 22.3 Å². The van der Waals surface area contributed by atoms with E-state index in [1.54, 1.807) is 12.1 Å². The van der Waals surface area contributed by atoms with Gasteiger partial charge in [0.25, 0.3) is 0 Å².